The van der Waals surface area contributed by atoms with Crippen LogP contribution in [0.1, 0.15) is 30.4 Å². The summed E-state index contributed by atoms with van der Waals surface area (Å²) in [4.78, 5) is 14.7. The van der Waals surface area contributed by atoms with Crippen molar-refractivity contribution in [3.8, 4) is 5.75 Å². The molecule has 5 heteroatoms. The standard InChI is InChI=1S/C13H12ClNO3/c14-10-2-3-11-9(6-17-8-18-11)12(10)13(15-7-16)4-1-5-13/h2-3H,1,4-6,8H2. The van der Waals surface area contributed by atoms with Crippen molar-refractivity contribution in [1.29, 1.82) is 0 Å². The van der Waals surface area contributed by atoms with E-state index in [2.05, 4.69) is 4.99 Å². The van der Waals surface area contributed by atoms with E-state index in [4.69, 9.17) is 21.1 Å². The first-order valence-corrected chi connectivity index (χ1v) is 6.26. The minimum absolute atomic E-state index is 0.248. The number of halogens is 1. The number of hydrogen-bond donors (Lipinski definition) is 0. The Morgan fingerprint density at radius 2 is 2.22 bits per heavy atom. The number of carbonyl (C=O) groups excluding carboxylic acids is 1. The van der Waals surface area contributed by atoms with Gasteiger partial charge in [0.1, 0.15) is 11.3 Å². The highest BCUT2D eigenvalue weighted by Crippen LogP contribution is 2.50. The Kier molecular flexibility index (Phi) is 2.86. The summed E-state index contributed by atoms with van der Waals surface area (Å²) < 4.78 is 10.8. The minimum atomic E-state index is -0.520. The maximum atomic E-state index is 10.7. The quantitative estimate of drug-likeness (QED) is 0.610. The zero-order chi connectivity index (χ0) is 12.6. The Labute approximate surface area is 110 Å². The highest BCUT2D eigenvalue weighted by atomic mass is 35.5. The Hall–Kier alpha value is -1.35. The Balaban J connectivity index is 2.18. The van der Waals surface area contributed by atoms with E-state index in [-0.39, 0.29) is 6.79 Å². The molecule has 4 nitrogen and oxygen atoms in total. The van der Waals surface area contributed by atoms with Crippen molar-refractivity contribution in [3.05, 3.63) is 28.3 Å². The number of aliphatic imine (C=N–C) groups is 1. The molecule has 0 amide bonds. The SMILES string of the molecule is O=C=NC1(c2c(Cl)ccc3c2COCO3)CCC1. The molecule has 0 saturated heterocycles. The van der Waals surface area contributed by atoms with Gasteiger partial charge >= 0.3 is 0 Å². The molecule has 2 aliphatic rings. The second-order valence-electron chi connectivity index (χ2n) is 4.60. The van der Waals surface area contributed by atoms with Gasteiger partial charge in [-0.05, 0) is 31.4 Å². The molecule has 1 aromatic rings. The van der Waals surface area contributed by atoms with Gasteiger partial charge in [0.2, 0.25) is 6.08 Å². The largest absolute Gasteiger partial charge is 0.467 e. The van der Waals surface area contributed by atoms with E-state index in [0.29, 0.717) is 11.6 Å². The van der Waals surface area contributed by atoms with Crippen LogP contribution in [0, 0.1) is 0 Å². The molecule has 1 heterocycles. The van der Waals surface area contributed by atoms with Crippen molar-refractivity contribution >= 4 is 17.7 Å². The number of fused-ring (bicyclic) bond motifs is 1. The average Bonchev–Trinajstić information content (AvgIpc) is 2.35. The summed E-state index contributed by atoms with van der Waals surface area (Å²) in [6.45, 7) is 0.694. The van der Waals surface area contributed by atoms with Crippen LogP contribution in [0.15, 0.2) is 17.1 Å². The fourth-order valence-corrected chi connectivity index (χ4v) is 3.00. The topological polar surface area (TPSA) is 47.9 Å². The van der Waals surface area contributed by atoms with Crippen molar-refractivity contribution in [3.63, 3.8) is 0 Å². The zero-order valence-corrected chi connectivity index (χ0v) is 10.5. The first-order chi connectivity index (χ1) is 8.77. The summed E-state index contributed by atoms with van der Waals surface area (Å²) >= 11 is 6.29. The molecule has 0 spiro atoms. The van der Waals surface area contributed by atoms with E-state index in [1.54, 1.807) is 12.1 Å². The van der Waals surface area contributed by atoms with Gasteiger partial charge in [-0.2, -0.15) is 4.99 Å². The third-order valence-corrected chi connectivity index (χ3v) is 3.98. The van der Waals surface area contributed by atoms with Crippen molar-refractivity contribution in [1.82, 2.24) is 0 Å². The number of hydrogen-bond acceptors (Lipinski definition) is 4. The number of ether oxygens (including phenoxy) is 2. The van der Waals surface area contributed by atoms with Gasteiger partial charge in [0, 0.05) is 16.1 Å². The van der Waals surface area contributed by atoms with Gasteiger partial charge in [-0.25, -0.2) is 4.79 Å². The van der Waals surface area contributed by atoms with Gasteiger partial charge < -0.3 is 9.47 Å². The normalized spacial score (nSPS) is 20.1. The lowest BCUT2D eigenvalue weighted by Crippen LogP contribution is -2.34. The van der Waals surface area contributed by atoms with Crippen LogP contribution in [0.2, 0.25) is 5.02 Å². The number of rotatable bonds is 2. The molecule has 1 saturated carbocycles. The van der Waals surface area contributed by atoms with Gasteiger partial charge in [-0.15, -0.1) is 0 Å². The van der Waals surface area contributed by atoms with Crippen LogP contribution in [0.3, 0.4) is 0 Å². The van der Waals surface area contributed by atoms with Crippen LogP contribution in [0.4, 0.5) is 0 Å². The van der Waals surface area contributed by atoms with Crippen molar-refractivity contribution in [2.75, 3.05) is 6.79 Å². The Morgan fingerprint density at radius 3 is 2.89 bits per heavy atom. The molecule has 1 aliphatic heterocycles. The zero-order valence-electron chi connectivity index (χ0n) is 9.74. The maximum absolute atomic E-state index is 10.7. The van der Waals surface area contributed by atoms with Gasteiger partial charge in [0.15, 0.2) is 6.79 Å². The summed E-state index contributed by atoms with van der Waals surface area (Å²) in [5, 5.41) is 0.613. The summed E-state index contributed by atoms with van der Waals surface area (Å²) in [7, 11) is 0. The monoisotopic (exact) mass is 265 g/mol. The van der Waals surface area contributed by atoms with E-state index < -0.39 is 5.54 Å². The lowest BCUT2D eigenvalue weighted by atomic mass is 9.70. The van der Waals surface area contributed by atoms with Gasteiger partial charge in [0.25, 0.3) is 0 Å². The molecule has 1 aliphatic carbocycles. The van der Waals surface area contributed by atoms with Crippen LogP contribution in [-0.2, 0) is 21.7 Å². The number of nitrogens with zero attached hydrogens (tertiary/aromatic N) is 1. The molecule has 3 rings (SSSR count). The highest BCUT2D eigenvalue weighted by molar-refractivity contribution is 6.31. The molecule has 0 bridgehead atoms. The minimum Gasteiger partial charge on any atom is -0.467 e. The first-order valence-electron chi connectivity index (χ1n) is 5.88. The Bertz CT molecular complexity index is 533. The van der Waals surface area contributed by atoms with E-state index in [1.807, 2.05) is 6.07 Å². The second-order valence-corrected chi connectivity index (χ2v) is 5.01. The summed E-state index contributed by atoms with van der Waals surface area (Å²) in [5.41, 5.74) is 1.26. The molecule has 0 radical (unpaired) electrons. The van der Waals surface area contributed by atoms with Crippen LogP contribution in [0.5, 0.6) is 5.75 Å². The summed E-state index contributed by atoms with van der Waals surface area (Å²) in [6.07, 6.45) is 4.35. The van der Waals surface area contributed by atoms with Crippen molar-refractivity contribution in [2.45, 2.75) is 31.4 Å². The molecule has 94 valence electrons. The molecule has 1 aromatic carbocycles. The molecule has 0 N–H and O–H groups in total. The first kappa shape index (κ1) is 11.7. The number of isocyanates is 1. The molecule has 0 atom stereocenters. The fraction of sp³-hybridized carbons (Fsp3) is 0.462. The lowest BCUT2D eigenvalue weighted by Gasteiger charge is -2.39. The number of benzene rings is 1. The fourth-order valence-electron chi connectivity index (χ4n) is 2.65. The summed E-state index contributed by atoms with van der Waals surface area (Å²) in [6, 6.07) is 3.63. The van der Waals surface area contributed by atoms with Crippen LogP contribution in [-0.4, -0.2) is 12.9 Å². The molecular formula is C13H12ClNO3. The molecule has 1 fully saturated rings. The molecule has 18 heavy (non-hydrogen) atoms. The van der Waals surface area contributed by atoms with E-state index in [9.17, 15) is 4.79 Å². The van der Waals surface area contributed by atoms with Gasteiger partial charge in [-0.3, -0.25) is 0 Å². The van der Waals surface area contributed by atoms with Crippen molar-refractivity contribution < 1.29 is 14.3 Å². The van der Waals surface area contributed by atoms with Gasteiger partial charge in [-0.1, -0.05) is 11.6 Å². The predicted octanol–water partition coefficient (Wildman–Crippen LogP) is 2.92. The third-order valence-electron chi connectivity index (χ3n) is 3.67. The van der Waals surface area contributed by atoms with Crippen LogP contribution < -0.4 is 4.74 Å². The maximum Gasteiger partial charge on any atom is 0.235 e. The van der Waals surface area contributed by atoms with Crippen molar-refractivity contribution in [2.24, 2.45) is 4.99 Å². The predicted molar refractivity (Wildman–Crippen MR) is 65.4 cm³/mol. The molecule has 0 unspecified atom stereocenters. The van der Waals surface area contributed by atoms with E-state index >= 15 is 0 Å². The smallest absolute Gasteiger partial charge is 0.235 e. The third kappa shape index (κ3) is 1.65. The summed E-state index contributed by atoms with van der Waals surface area (Å²) in [5.74, 6) is 0.771. The van der Waals surface area contributed by atoms with E-state index in [1.165, 1.54) is 0 Å². The molecule has 0 aromatic heterocycles. The molecular weight excluding hydrogens is 254 g/mol. The van der Waals surface area contributed by atoms with Gasteiger partial charge in [0.05, 0.1) is 6.61 Å². The lowest BCUT2D eigenvalue weighted by molar-refractivity contribution is -0.0178. The highest BCUT2D eigenvalue weighted by Gasteiger charge is 2.43. The average molecular weight is 266 g/mol. The van der Waals surface area contributed by atoms with E-state index in [0.717, 1.165) is 36.1 Å². The second kappa shape index (κ2) is 4.39. The van der Waals surface area contributed by atoms with Crippen LogP contribution in [0.25, 0.3) is 0 Å². The Morgan fingerprint density at radius 1 is 1.39 bits per heavy atom. The van der Waals surface area contributed by atoms with Crippen LogP contribution >= 0.6 is 11.6 Å².